The second-order valence-corrected chi connectivity index (χ2v) is 8.85. The van der Waals surface area contributed by atoms with E-state index in [4.69, 9.17) is 23.2 Å². The summed E-state index contributed by atoms with van der Waals surface area (Å²) in [4.78, 5) is 0.387. The third-order valence-corrected chi connectivity index (χ3v) is 6.69. The van der Waals surface area contributed by atoms with E-state index < -0.39 is 0 Å². The van der Waals surface area contributed by atoms with Crippen molar-refractivity contribution in [2.24, 2.45) is 17.3 Å². The number of hydrogen-bond donors (Lipinski definition) is 0. The van der Waals surface area contributed by atoms with Gasteiger partial charge in [0.05, 0.1) is 10.0 Å². The Hall–Kier alpha value is 0.280. The van der Waals surface area contributed by atoms with Crippen LogP contribution in [0.3, 0.4) is 0 Å². The van der Waals surface area contributed by atoms with Crippen LogP contribution in [0.5, 0.6) is 0 Å². The highest BCUT2D eigenvalue weighted by molar-refractivity contribution is 9.09. The normalized spacial score (nSPS) is 25.5. The smallest absolute Gasteiger partial charge is 0.0595 e. The molecule has 0 nitrogen and oxygen atoms in total. The van der Waals surface area contributed by atoms with Crippen LogP contribution >= 0.6 is 39.1 Å². The van der Waals surface area contributed by atoms with E-state index in [-0.39, 0.29) is 0 Å². The third-order valence-electron chi connectivity index (χ3n) is 4.67. The van der Waals surface area contributed by atoms with Gasteiger partial charge in [-0.2, -0.15) is 0 Å². The zero-order valence-corrected chi connectivity index (χ0v) is 15.5. The third kappa shape index (κ3) is 3.93. The molecule has 1 aliphatic rings. The fourth-order valence-electron chi connectivity index (χ4n) is 3.23. The van der Waals surface area contributed by atoms with Gasteiger partial charge in [-0.15, -0.1) is 0 Å². The average molecular weight is 378 g/mol. The molecule has 0 aromatic heterocycles. The molecule has 1 fully saturated rings. The summed E-state index contributed by atoms with van der Waals surface area (Å²) in [6.45, 7) is 7.09. The SMILES string of the molecule is CC(C)(C)C1CCC(C(Br)c2ccc(Cl)c(Cl)c2)CC1. The van der Waals surface area contributed by atoms with Crippen molar-refractivity contribution in [1.82, 2.24) is 0 Å². The van der Waals surface area contributed by atoms with Crippen molar-refractivity contribution in [3.63, 3.8) is 0 Å². The van der Waals surface area contributed by atoms with Gasteiger partial charge in [-0.05, 0) is 60.6 Å². The lowest BCUT2D eigenvalue weighted by Crippen LogP contribution is -2.27. The second kappa shape index (κ2) is 6.58. The van der Waals surface area contributed by atoms with Crippen LogP contribution in [0.1, 0.15) is 56.8 Å². The van der Waals surface area contributed by atoms with Crippen LogP contribution in [-0.2, 0) is 0 Å². The van der Waals surface area contributed by atoms with E-state index in [0.717, 1.165) is 5.92 Å². The summed E-state index contributed by atoms with van der Waals surface area (Å²) in [7, 11) is 0. The summed E-state index contributed by atoms with van der Waals surface area (Å²) in [5.74, 6) is 1.55. The van der Waals surface area contributed by atoms with Crippen LogP contribution in [-0.4, -0.2) is 0 Å². The van der Waals surface area contributed by atoms with Gasteiger partial charge in [0.25, 0.3) is 0 Å². The van der Waals surface area contributed by atoms with Crippen molar-refractivity contribution in [2.45, 2.75) is 51.3 Å². The maximum Gasteiger partial charge on any atom is 0.0595 e. The maximum atomic E-state index is 6.13. The molecule has 0 heterocycles. The molecule has 112 valence electrons. The van der Waals surface area contributed by atoms with E-state index in [9.17, 15) is 0 Å². The Bertz CT molecular complexity index is 457. The van der Waals surface area contributed by atoms with Gasteiger partial charge < -0.3 is 0 Å². The van der Waals surface area contributed by atoms with Crippen molar-refractivity contribution >= 4 is 39.1 Å². The van der Waals surface area contributed by atoms with E-state index in [1.165, 1.54) is 31.2 Å². The molecule has 0 saturated heterocycles. The summed E-state index contributed by atoms with van der Waals surface area (Å²) in [6.07, 6.45) is 5.24. The van der Waals surface area contributed by atoms with Gasteiger partial charge in [0.1, 0.15) is 0 Å². The topological polar surface area (TPSA) is 0 Å². The minimum absolute atomic E-state index is 0.387. The predicted molar refractivity (Wildman–Crippen MR) is 93.0 cm³/mol. The fourth-order valence-corrected chi connectivity index (χ4v) is 4.35. The van der Waals surface area contributed by atoms with Gasteiger partial charge in [0, 0.05) is 4.83 Å². The first kappa shape index (κ1) is 16.6. The first-order chi connectivity index (χ1) is 9.29. The molecule has 1 unspecified atom stereocenters. The lowest BCUT2D eigenvalue weighted by Gasteiger charge is -2.38. The number of benzene rings is 1. The Morgan fingerprint density at radius 3 is 2.15 bits per heavy atom. The molecule has 1 aromatic rings. The molecule has 0 bridgehead atoms. The van der Waals surface area contributed by atoms with E-state index in [1.54, 1.807) is 0 Å². The summed E-state index contributed by atoms with van der Waals surface area (Å²) < 4.78 is 0. The molecular weight excluding hydrogens is 355 g/mol. The first-order valence-corrected chi connectivity index (χ1v) is 9.05. The monoisotopic (exact) mass is 376 g/mol. The molecule has 1 atom stereocenters. The molecule has 1 saturated carbocycles. The average Bonchev–Trinajstić information content (AvgIpc) is 2.40. The summed E-state index contributed by atoms with van der Waals surface area (Å²) >= 11 is 16.0. The minimum atomic E-state index is 0.387. The van der Waals surface area contributed by atoms with Gasteiger partial charge in [-0.3, -0.25) is 0 Å². The highest BCUT2D eigenvalue weighted by Crippen LogP contribution is 2.46. The highest BCUT2D eigenvalue weighted by Gasteiger charge is 2.32. The molecular formula is C17H23BrCl2. The molecule has 1 aliphatic carbocycles. The first-order valence-electron chi connectivity index (χ1n) is 7.38. The number of rotatable bonds is 2. The van der Waals surface area contributed by atoms with Gasteiger partial charge in [-0.1, -0.05) is 66.0 Å². The Kier molecular flexibility index (Phi) is 5.48. The maximum absolute atomic E-state index is 6.13. The standard InChI is InChI=1S/C17H23BrCl2/c1-17(2,3)13-7-4-11(5-8-13)16(18)12-6-9-14(19)15(20)10-12/h6,9-11,13,16H,4-5,7-8H2,1-3H3. The van der Waals surface area contributed by atoms with Crippen molar-refractivity contribution in [3.8, 4) is 0 Å². The molecule has 0 amide bonds. The Balaban J connectivity index is 2.01. The Morgan fingerprint density at radius 2 is 1.65 bits per heavy atom. The van der Waals surface area contributed by atoms with Crippen LogP contribution in [0.2, 0.25) is 10.0 Å². The zero-order valence-electron chi connectivity index (χ0n) is 12.4. The molecule has 0 N–H and O–H groups in total. The van der Waals surface area contributed by atoms with Gasteiger partial charge in [0.15, 0.2) is 0 Å². The van der Waals surface area contributed by atoms with Crippen LogP contribution in [0.4, 0.5) is 0 Å². The molecule has 1 aromatic carbocycles. The number of alkyl halides is 1. The van der Waals surface area contributed by atoms with Gasteiger partial charge >= 0.3 is 0 Å². The number of halogens is 3. The van der Waals surface area contributed by atoms with E-state index in [1.807, 2.05) is 12.1 Å². The van der Waals surface area contributed by atoms with Crippen LogP contribution in [0.25, 0.3) is 0 Å². The molecule has 2 rings (SSSR count). The minimum Gasteiger partial charge on any atom is -0.0836 e. The predicted octanol–water partition coefficient (Wildman–Crippen LogP) is 7.28. The molecule has 0 radical (unpaired) electrons. The van der Waals surface area contributed by atoms with E-state index >= 15 is 0 Å². The molecule has 0 aliphatic heterocycles. The fraction of sp³-hybridized carbons (Fsp3) is 0.647. The Labute approximate surface area is 141 Å². The summed E-state index contributed by atoms with van der Waals surface area (Å²) in [5, 5.41) is 1.28. The quantitative estimate of drug-likeness (QED) is 0.475. The number of hydrogen-bond acceptors (Lipinski definition) is 0. The van der Waals surface area contributed by atoms with Gasteiger partial charge in [-0.25, -0.2) is 0 Å². The van der Waals surface area contributed by atoms with Crippen molar-refractivity contribution in [3.05, 3.63) is 33.8 Å². The Morgan fingerprint density at radius 1 is 1.05 bits per heavy atom. The lowest BCUT2D eigenvalue weighted by atomic mass is 9.69. The van der Waals surface area contributed by atoms with Crippen LogP contribution in [0, 0.1) is 17.3 Å². The summed E-state index contributed by atoms with van der Waals surface area (Å²) in [6, 6.07) is 5.98. The van der Waals surface area contributed by atoms with E-state index in [2.05, 4.69) is 42.8 Å². The highest BCUT2D eigenvalue weighted by atomic mass is 79.9. The molecule has 20 heavy (non-hydrogen) atoms. The van der Waals surface area contributed by atoms with Crippen molar-refractivity contribution < 1.29 is 0 Å². The van der Waals surface area contributed by atoms with Crippen molar-refractivity contribution in [2.75, 3.05) is 0 Å². The van der Waals surface area contributed by atoms with Crippen LogP contribution < -0.4 is 0 Å². The molecule has 3 heteroatoms. The van der Waals surface area contributed by atoms with Crippen LogP contribution in [0.15, 0.2) is 18.2 Å². The largest absolute Gasteiger partial charge is 0.0836 e. The van der Waals surface area contributed by atoms with Crippen molar-refractivity contribution in [1.29, 1.82) is 0 Å². The lowest BCUT2D eigenvalue weighted by molar-refractivity contribution is 0.149. The summed E-state index contributed by atoms with van der Waals surface area (Å²) in [5.41, 5.74) is 1.69. The second-order valence-electron chi connectivity index (χ2n) is 7.05. The molecule has 0 spiro atoms. The van der Waals surface area contributed by atoms with E-state index in [0.29, 0.717) is 26.2 Å². The zero-order chi connectivity index (χ0) is 14.9. The van der Waals surface area contributed by atoms with Gasteiger partial charge in [0.2, 0.25) is 0 Å².